The van der Waals surface area contributed by atoms with Crippen molar-refractivity contribution in [3.05, 3.63) is 35.4 Å². The fourth-order valence-electron chi connectivity index (χ4n) is 1.25. The van der Waals surface area contributed by atoms with E-state index in [1.54, 1.807) is 20.8 Å². The van der Waals surface area contributed by atoms with Gasteiger partial charge in [0.1, 0.15) is 0 Å². The van der Waals surface area contributed by atoms with Gasteiger partial charge in [-0.15, -0.1) is 0 Å². The van der Waals surface area contributed by atoms with Crippen LogP contribution in [0.1, 0.15) is 31.9 Å². The number of sulfonamides is 1. The van der Waals surface area contributed by atoms with Crippen molar-refractivity contribution in [3.8, 4) is 11.8 Å². The molecule has 0 aliphatic carbocycles. The lowest BCUT2D eigenvalue weighted by molar-refractivity contribution is 0.544. The maximum atomic E-state index is 11.9. The van der Waals surface area contributed by atoms with Crippen LogP contribution in [0, 0.1) is 11.8 Å². The summed E-state index contributed by atoms with van der Waals surface area (Å²) in [6.45, 7) is 5.61. The molecule has 0 heterocycles. The summed E-state index contributed by atoms with van der Waals surface area (Å²) < 4.78 is 25.6. The average molecular weight is 280 g/mol. The zero-order chi connectivity index (χ0) is 14.5. The molecule has 0 unspecified atom stereocenters. The number of hydrogen-bond donors (Lipinski definition) is 2. The van der Waals surface area contributed by atoms with Crippen molar-refractivity contribution in [1.82, 2.24) is 4.72 Å². The number of hydrogen-bond acceptors (Lipinski definition) is 3. The Labute approximate surface area is 115 Å². The summed E-state index contributed by atoms with van der Waals surface area (Å²) in [5.74, 6) is 5.68. The van der Waals surface area contributed by atoms with E-state index in [0.29, 0.717) is 6.54 Å². The van der Waals surface area contributed by atoms with Crippen molar-refractivity contribution < 1.29 is 8.42 Å². The maximum Gasteiger partial charge on any atom is 0.216 e. The molecule has 0 spiro atoms. The second-order valence-corrected chi connectivity index (χ2v) is 7.66. The minimum absolute atomic E-state index is 0.282. The van der Waals surface area contributed by atoms with E-state index in [2.05, 4.69) is 16.6 Å². The SMILES string of the molecule is CC(C)(C)S(=O)(=O)NCc1ccc(C#CCN)cc1. The first-order chi connectivity index (χ1) is 8.76. The smallest absolute Gasteiger partial charge is 0.216 e. The third-order valence-electron chi connectivity index (χ3n) is 2.56. The van der Waals surface area contributed by atoms with Crippen molar-refractivity contribution in [2.75, 3.05) is 6.54 Å². The molecule has 0 aliphatic rings. The van der Waals surface area contributed by atoms with Crippen molar-refractivity contribution in [2.45, 2.75) is 32.1 Å². The summed E-state index contributed by atoms with van der Waals surface area (Å²) >= 11 is 0. The largest absolute Gasteiger partial charge is 0.320 e. The third-order valence-corrected chi connectivity index (χ3v) is 4.70. The normalized spacial score (nSPS) is 11.8. The first-order valence-electron chi connectivity index (χ1n) is 6.03. The molecule has 5 heteroatoms. The molecule has 0 amide bonds. The van der Waals surface area contributed by atoms with Crippen LogP contribution >= 0.6 is 0 Å². The molecule has 1 rings (SSSR count). The van der Waals surface area contributed by atoms with Gasteiger partial charge in [0.15, 0.2) is 0 Å². The van der Waals surface area contributed by atoms with Crippen LogP contribution < -0.4 is 10.5 Å². The van der Waals surface area contributed by atoms with E-state index < -0.39 is 14.8 Å². The Balaban J connectivity index is 2.70. The molecule has 19 heavy (non-hydrogen) atoms. The molecular formula is C14H20N2O2S. The second kappa shape index (κ2) is 6.20. The molecule has 104 valence electrons. The maximum absolute atomic E-state index is 11.9. The quantitative estimate of drug-likeness (QED) is 0.818. The van der Waals surface area contributed by atoms with Gasteiger partial charge >= 0.3 is 0 Å². The molecule has 1 aromatic rings. The van der Waals surface area contributed by atoms with Gasteiger partial charge in [0.25, 0.3) is 0 Å². The Kier molecular flexibility index (Phi) is 5.12. The Hall–Kier alpha value is -1.35. The van der Waals surface area contributed by atoms with Crippen LogP contribution in [0.25, 0.3) is 0 Å². The van der Waals surface area contributed by atoms with Crippen LogP contribution in [-0.2, 0) is 16.6 Å². The summed E-state index contributed by atoms with van der Waals surface area (Å²) in [5.41, 5.74) is 7.06. The van der Waals surface area contributed by atoms with Gasteiger partial charge in [-0.2, -0.15) is 0 Å². The molecule has 3 N–H and O–H groups in total. The molecule has 0 bridgehead atoms. The highest BCUT2D eigenvalue weighted by atomic mass is 32.2. The fraction of sp³-hybridized carbons (Fsp3) is 0.429. The minimum atomic E-state index is -3.31. The molecule has 0 aromatic heterocycles. The standard InChI is InChI=1S/C14H20N2O2S/c1-14(2,3)19(17,18)16-11-13-8-6-12(7-9-13)5-4-10-15/h6-9,16H,10-11,15H2,1-3H3. The van der Waals surface area contributed by atoms with Crippen LogP contribution in [0.5, 0.6) is 0 Å². The van der Waals surface area contributed by atoms with Gasteiger partial charge in [0.05, 0.1) is 11.3 Å². The Bertz CT molecular complexity index is 573. The Morgan fingerprint density at radius 3 is 2.26 bits per heavy atom. The second-order valence-electron chi connectivity index (χ2n) is 5.14. The van der Waals surface area contributed by atoms with E-state index in [1.165, 1.54) is 0 Å². The van der Waals surface area contributed by atoms with Gasteiger partial charge in [-0.3, -0.25) is 0 Å². The first kappa shape index (κ1) is 15.7. The zero-order valence-electron chi connectivity index (χ0n) is 11.5. The summed E-state index contributed by atoms with van der Waals surface area (Å²) in [5, 5.41) is 0. The summed E-state index contributed by atoms with van der Waals surface area (Å²) in [6, 6.07) is 7.41. The molecule has 4 nitrogen and oxygen atoms in total. The lowest BCUT2D eigenvalue weighted by atomic mass is 10.1. The molecule has 0 fully saturated rings. The van der Waals surface area contributed by atoms with Crippen LogP contribution in [0.4, 0.5) is 0 Å². The number of nitrogens with two attached hydrogens (primary N) is 1. The first-order valence-corrected chi connectivity index (χ1v) is 7.52. The summed E-state index contributed by atoms with van der Waals surface area (Å²) in [4.78, 5) is 0. The minimum Gasteiger partial charge on any atom is -0.320 e. The fourth-order valence-corrected chi connectivity index (χ4v) is 2.04. The summed E-state index contributed by atoms with van der Waals surface area (Å²) in [7, 11) is -3.31. The highest BCUT2D eigenvalue weighted by Crippen LogP contribution is 2.14. The Morgan fingerprint density at radius 2 is 1.79 bits per heavy atom. The van der Waals surface area contributed by atoms with E-state index in [-0.39, 0.29) is 6.54 Å². The lowest BCUT2D eigenvalue weighted by Gasteiger charge is -2.19. The molecule has 0 aliphatic heterocycles. The van der Waals surface area contributed by atoms with Crippen molar-refractivity contribution >= 4 is 10.0 Å². The molecule has 0 radical (unpaired) electrons. The number of benzene rings is 1. The van der Waals surface area contributed by atoms with E-state index in [1.807, 2.05) is 24.3 Å². The molecule has 0 saturated heterocycles. The average Bonchev–Trinajstić information content (AvgIpc) is 2.34. The van der Waals surface area contributed by atoms with Crippen LogP contribution in [-0.4, -0.2) is 19.7 Å². The van der Waals surface area contributed by atoms with Gasteiger partial charge < -0.3 is 5.73 Å². The number of rotatable bonds is 3. The molecule has 0 saturated carbocycles. The molecule has 1 aromatic carbocycles. The monoisotopic (exact) mass is 280 g/mol. The lowest BCUT2D eigenvalue weighted by Crippen LogP contribution is -2.38. The van der Waals surface area contributed by atoms with E-state index in [4.69, 9.17) is 5.73 Å². The topological polar surface area (TPSA) is 72.2 Å². The van der Waals surface area contributed by atoms with Gasteiger partial charge in [0, 0.05) is 12.1 Å². The molecular weight excluding hydrogens is 260 g/mol. The van der Waals surface area contributed by atoms with Crippen LogP contribution in [0.3, 0.4) is 0 Å². The zero-order valence-corrected chi connectivity index (χ0v) is 12.3. The van der Waals surface area contributed by atoms with Crippen molar-refractivity contribution in [2.24, 2.45) is 5.73 Å². The van der Waals surface area contributed by atoms with Gasteiger partial charge in [0.2, 0.25) is 10.0 Å². The summed E-state index contributed by atoms with van der Waals surface area (Å²) in [6.07, 6.45) is 0. The van der Waals surface area contributed by atoms with E-state index >= 15 is 0 Å². The third kappa shape index (κ3) is 4.67. The van der Waals surface area contributed by atoms with Crippen LogP contribution in [0.15, 0.2) is 24.3 Å². The van der Waals surface area contributed by atoms with Crippen LogP contribution in [0.2, 0.25) is 0 Å². The van der Waals surface area contributed by atoms with Gasteiger partial charge in [-0.1, -0.05) is 24.0 Å². The van der Waals surface area contributed by atoms with E-state index in [9.17, 15) is 8.42 Å². The predicted molar refractivity (Wildman–Crippen MR) is 77.9 cm³/mol. The number of nitrogens with one attached hydrogen (secondary N) is 1. The Morgan fingerprint density at radius 1 is 1.21 bits per heavy atom. The van der Waals surface area contributed by atoms with Crippen molar-refractivity contribution in [3.63, 3.8) is 0 Å². The van der Waals surface area contributed by atoms with Gasteiger partial charge in [-0.25, -0.2) is 13.1 Å². The highest BCUT2D eigenvalue weighted by molar-refractivity contribution is 7.90. The van der Waals surface area contributed by atoms with Gasteiger partial charge in [-0.05, 0) is 38.5 Å². The molecule has 0 atom stereocenters. The van der Waals surface area contributed by atoms with E-state index in [0.717, 1.165) is 11.1 Å². The highest BCUT2D eigenvalue weighted by Gasteiger charge is 2.28. The van der Waals surface area contributed by atoms with Crippen molar-refractivity contribution in [1.29, 1.82) is 0 Å². The predicted octanol–water partition coefficient (Wildman–Crippen LogP) is 1.21.